The molecule has 1 aliphatic rings. The van der Waals surface area contributed by atoms with E-state index in [0.29, 0.717) is 13.1 Å². The van der Waals surface area contributed by atoms with Crippen LogP contribution in [-0.2, 0) is 9.53 Å². The lowest BCUT2D eigenvalue weighted by molar-refractivity contribution is -0.135. The van der Waals surface area contributed by atoms with Crippen LogP contribution in [0.5, 0.6) is 0 Å². The average molecular weight is 327 g/mol. The largest absolute Gasteiger partial charge is 0.375 e. The number of hydrogen-bond donors (Lipinski definition) is 1. The zero-order valence-corrected chi connectivity index (χ0v) is 13.7. The van der Waals surface area contributed by atoms with E-state index in [4.69, 9.17) is 10.5 Å². The molecule has 1 aromatic heterocycles. The molecule has 0 atom stereocenters. The molecule has 0 saturated carbocycles. The number of benzene rings is 1. The Morgan fingerprint density at radius 3 is 2.50 bits per heavy atom. The minimum absolute atomic E-state index is 0.0499. The summed E-state index contributed by atoms with van der Waals surface area (Å²) in [5, 5.41) is 0. The lowest BCUT2D eigenvalue weighted by Gasteiger charge is -2.36. The summed E-state index contributed by atoms with van der Waals surface area (Å²) in [4.78, 5) is 24.1. The Balaban J connectivity index is 1.64. The summed E-state index contributed by atoms with van der Waals surface area (Å²) >= 11 is 0. The fraction of sp³-hybridized carbons (Fsp3) is 0.353. The minimum atomic E-state index is 0.0499. The van der Waals surface area contributed by atoms with Gasteiger partial charge in [-0.05, 0) is 18.2 Å². The third kappa shape index (κ3) is 3.62. The molecule has 0 radical (unpaired) electrons. The molecule has 7 heteroatoms. The zero-order chi connectivity index (χ0) is 16.9. The predicted octanol–water partition coefficient (Wildman–Crippen LogP) is 1.02. The van der Waals surface area contributed by atoms with E-state index in [1.807, 2.05) is 23.1 Å². The summed E-state index contributed by atoms with van der Waals surface area (Å²) in [7, 11) is 1.54. The fourth-order valence-corrected chi connectivity index (χ4v) is 2.81. The normalized spacial score (nSPS) is 14.7. The summed E-state index contributed by atoms with van der Waals surface area (Å²) in [5.74, 6) is 0.322. The second-order valence-corrected chi connectivity index (χ2v) is 5.65. The SMILES string of the molecule is COCC(=O)N1CCN(c2ccc(-c3ccnc(N)n3)cc2)CC1. The topological polar surface area (TPSA) is 84.6 Å². The molecule has 7 nitrogen and oxygen atoms in total. The minimum Gasteiger partial charge on any atom is -0.375 e. The number of carbonyl (C=O) groups is 1. The van der Waals surface area contributed by atoms with Crippen molar-refractivity contribution in [1.29, 1.82) is 0 Å². The second-order valence-electron chi connectivity index (χ2n) is 5.65. The molecule has 0 aliphatic carbocycles. The number of aromatic nitrogens is 2. The van der Waals surface area contributed by atoms with E-state index in [1.165, 1.54) is 0 Å². The third-order valence-electron chi connectivity index (χ3n) is 4.10. The van der Waals surface area contributed by atoms with E-state index in [9.17, 15) is 4.79 Å². The Morgan fingerprint density at radius 1 is 1.17 bits per heavy atom. The summed E-state index contributed by atoms with van der Waals surface area (Å²) < 4.78 is 4.91. The van der Waals surface area contributed by atoms with Crippen LogP contribution in [0, 0.1) is 0 Å². The molecule has 1 saturated heterocycles. The van der Waals surface area contributed by atoms with Gasteiger partial charge < -0.3 is 20.3 Å². The summed E-state index contributed by atoms with van der Waals surface area (Å²) in [5.41, 5.74) is 8.58. The van der Waals surface area contributed by atoms with Crippen LogP contribution in [0.1, 0.15) is 0 Å². The molecule has 2 aromatic rings. The van der Waals surface area contributed by atoms with Crippen LogP contribution >= 0.6 is 0 Å². The quantitative estimate of drug-likeness (QED) is 0.902. The van der Waals surface area contributed by atoms with Gasteiger partial charge in [-0.1, -0.05) is 12.1 Å². The van der Waals surface area contributed by atoms with E-state index < -0.39 is 0 Å². The van der Waals surface area contributed by atoms with Gasteiger partial charge in [0.1, 0.15) is 6.61 Å². The molecule has 1 fully saturated rings. The number of rotatable bonds is 4. The molecule has 126 valence electrons. The van der Waals surface area contributed by atoms with Crippen molar-refractivity contribution in [3.8, 4) is 11.3 Å². The molecule has 0 bridgehead atoms. The van der Waals surface area contributed by atoms with Crippen LogP contribution < -0.4 is 10.6 Å². The van der Waals surface area contributed by atoms with Gasteiger partial charge in [0.2, 0.25) is 11.9 Å². The molecule has 1 aromatic carbocycles. The van der Waals surface area contributed by atoms with Gasteiger partial charge in [-0.3, -0.25) is 4.79 Å². The summed E-state index contributed by atoms with van der Waals surface area (Å²) in [6, 6.07) is 10.0. The summed E-state index contributed by atoms with van der Waals surface area (Å²) in [6.07, 6.45) is 1.65. The van der Waals surface area contributed by atoms with Crippen LogP contribution in [0.2, 0.25) is 0 Å². The van der Waals surface area contributed by atoms with Gasteiger partial charge in [0.25, 0.3) is 0 Å². The maximum Gasteiger partial charge on any atom is 0.248 e. The van der Waals surface area contributed by atoms with Crippen LogP contribution in [-0.4, -0.2) is 60.7 Å². The molecule has 1 amide bonds. The van der Waals surface area contributed by atoms with Crippen molar-refractivity contribution in [1.82, 2.24) is 14.9 Å². The lowest BCUT2D eigenvalue weighted by atomic mass is 10.1. The molecule has 2 N–H and O–H groups in total. The Morgan fingerprint density at radius 2 is 1.88 bits per heavy atom. The highest BCUT2D eigenvalue weighted by molar-refractivity contribution is 5.77. The highest BCUT2D eigenvalue weighted by atomic mass is 16.5. The monoisotopic (exact) mass is 327 g/mol. The number of piperazine rings is 1. The van der Waals surface area contributed by atoms with Gasteiger partial charge in [-0.25, -0.2) is 9.97 Å². The van der Waals surface area contributed by atoms with E-state index in [1.54, 1.807) is 13.3 Å². The Kier molecular flexibility index (Phi) is 4.90. The molecule has 3 rings (SSSR count). The van der Waals surface area contributed by atoms with Crippen LogP contribution in [0.3, 0.4) is 0 Å². The number of nitrogens with zero attached hydrogens (tertiary/aromatic N) is 4. The van der Waals surface area contributed by atoms with Crippen molar-refractivity contribution in [3.05, 3.63) is 36.5 Å². The van der Waals surface area contributed by atoms with Gasteiger partial charge in [-0.2, -0.15) is 0 Å². The van der Waals surface area contributed by atoms with Gasteiger partial charge in [-0.15, -0.1) is 0 Å². The molecule has 0 spiro atoms. The van der Waals surface area contributed by atoms with E-state index >= 15 is 0 Å². The highest BCUT2D eigenvalue weighted by Gasteiger charge is 2.21. The number of methoxy groups -OCH3 is 1. The van der Waals surface area contributed by atoms with Gasteiger partial charge in [0, 0.05) is 50.7 Å². The maximum absolute atomic E-state index is 11.8. The fourth-order valence-electron chi connectivity index (χ4n) is 2.81. The lowest BCUT2D eigenvalue weighted by Crippen LogP contribution is -2.49. The van der Waals surface area contributed by atoms with Gasteiger partial charge in [0.05, 0.1) is 5.69 Å². The molecule has 24 heavy (non-hydrogen) atoms. The highest BCUT2D eigenvalue weighted by Crippen LogP contribution is 2.22. The van der Waals surface area contributed by atoms with Crippen LogP contribution in [0.15, 0.2) is 36.5 Å². The molecular weight excluding hydrogens is 306 g/mol. The first-order valence-corrected chi connectivity index (χ1v) is 7.88. The Labute approximate surface area is 141 Å². The summed E-state index contributed by atoms with van der Waals surface area (Å²) in [6.45, 7) is 3.21. The molecule has 1 aliphatic heterocycles. The smallest absolute Gasteiger partial charge is 0.248 e. The number of carbonyl (C=O) groups excluding carboxylic acids is 1. The average Bonchev–Trinajstić information content (AvgIpc) is 2.62. The number of anilines is 2. The Bertz CT molecular complexity index is 696. The van der Waals surface area contributed by atoms with Crippen molar-refractivity contribution in [2.75, 3.05) is 50.5 Å². The molecular formula is C17H21N5O2. The van der Waals surface area contributed by atoms with Crippen molar-refractivity contribution in [2.45, 2.75) is 0 Å². The van der Waals surface area contributed by atoms with Crippen LogP contribution in [0.25, 0.3) is 11.3 Å². The Hall–Kier alpha value is -2.67. The van der Waals surface area contributed by atoms with Gasteiger partial charge >= 0.3 is 0 Å². The van der Waals surface area contributed by atoms with Crippen molar-refractivity contribution in [3.63, 3.8) is 0 Å². The standard InChI is InChI=1S/C17H21N5O2/c1-24-12-16(23)22-10-8-21(9-11-22)14-4-2-13(3-5-14)15-6-7-19-17(18)20-15/h2-7H,8-12H2,1H3,(H2,18,19,20). The molecule has 2 heterocycles. The maximum atomic E-state index is 11.8. The van der Waals surface area contributed by atoms with Crippen molar-refractivity contribution >= 4 is 17.5 Å². The van der Waals surface area contributed by atoms with E-state index in [2.05, 4.69) is 27.0 Å². The van der Waals surface area contributed by atoms with Gasteiger partial charge in [0.15, 0.2) is 0 Å². The first-order chi connectivity index (χ1) is 11.7. The van der Waals surface area contributed by atoms with Crippen molar-refractivity contribution in [2.24, 2.45) is 0 Å². The number of hydrogen-bond acceptors (Lipinski definition) is 6. The first kappa shape index (κ1) is 16.2. The third-order valence-corrected chi connectivity index (χ3v) is 4.10. The predicted molar refractivity (Wildman–Crippen MR) is 92.5 cm³/mol. The van der Waals surface area contributed by atoms with Crippen LogP contribution in [0.4, 0.5) is 11.6 Å². The van der Waals surface area contributed by atoms with E-state index in [0.717, 1.165) is 30.0 Å². The van der Waals surface area contributed by atoms with E-state index in [-0.39, 0.29) is 18.5 Å². The molecule has 0 unspecified atom stereocenters. The van der Waals surface area contributed by atoms with Crippen molar-refractivity contribution < 1.29 is 9.53 Å². The first-order valence-electron chi connectivity index (χ1n) is 7.88. The number of ether oxygens (including phenoxy) is 1. The second kappa shape index (κ2) is 7.27. The number of nitrogen functional groups attached to an aromatic ring is 1. The number of amides is 1. The number of nitrogens with two attached hydrogens (primary N) is 1. The zero-order valence-electron chi connectivity index (χ0n) is 13.7.